The normalized spacial score (nSPS) is 29.6. The number of likely N-dealkylation sites (tertiary alicyclic amines) is 1. The molecule has 17 heavy (non-hydrogen) atoms. The summed E-state index contributed by atoms with van der Waals surface area (Å²) in [5.74, 6) is 0.918. The maximum absolute atomic E-state index is 3.61. The van der Waals surface area contributed by atoms with E-state index in [0.29, 0.717) is 5.41 Å². The molecule has 2 rings (SSSR count). The van der Waals surface area contributed by atoms with Crippen LogP contribution in [0, 0.1) is 11.3 Å². The second-order valence-electron chi connectivity index (χ2n) is 6.47. The predicted molar refractivity (Wildman–Crippen MR) is 74.3 cm³/mol. The fraction of sp³-hybridized carbons (Fsp3) is 1.00. The third kappa shape index (κ3) is 3.69. The summed E-state index contributed by atoms with van der Waals surface area (Å²) in [5.41, 5.74) is 0.604. The molecule has 2 heteroatoms. The first-order valence-corrected chi connectivity index (χ1v) is 7.67. The van der Waals surface area contributed by atoms with Crippen molar-refractivity contribution in [2.75, 3.05) is 32.7 Å². The maximum atomic E-state index is 3.61. The van der Waals surface area contributed by atoms with Gasteiger partial charge in [0.1, 0.15) is 0 Å². The van der Waals surface area contributed by atoms with Crippen molar-refractivity contribution in [3.05, 3.63) is 0 Å². The number of rotatable bonds is 5. The first kappa shape index (κ1) is 13.4. The van der Waals surface area contributed by atoms with Crippen molar-refractivity contribution in [1.29, 1.82) is 0 Å². The molecule has 0 bridgehead atoms. The van der Waals surface area contributed by atoms with Gasteiger partial charge in [0.25, 0.3) is 0 Å². The van der Waals surface area contributed by atoms with E-state index in [2.05, 4.69) is 24.1 Å². The Morgan fingerprint density at radius 1 is 1.24 bits per heavy atom. The monoisotopic (exact) mass is 238 g/mol. The van der Waals surface area contributed by atoms with E-state index in [1.54, 1.807) is 0 Å². The quantitative estimate of drug-likeness (QED) is 0.792. The molecular weight excluding hydrogens is 208 g/mol. The Kier molecular flexibility index (Phi) is 4.87. The van der Waals surface area contributed by atoms with Crippen LogP contribution in [0.4, 0.5) is 0 Å². The van der Waals surface area contributed by atoms with E-state index in [4.69, 9.17) is 0 Å². The van der Waals surface area contributed by atoms with Crippen LogP contribution in [0.2, 0.25) is 0 Å². The highest BCUT2D eigenvalue weighted by Gasteiger charge is 2.35. The molecule has 0 spiro atoms. The van der Waals surface area contributed by atoms with Crippen LogP contribution in [0.15, 0.2) is 0 Å². The van der Waals surface area contributed by atoms with Gasteiger partial charge in [-0.1, -0.05) is 26.7 Å². The van der Waals surface area contributed by atoms with Gasteiger partial charge in [-0.05, 0) is 50.1 Å². The summed E-state index contributed by atoms with van der Waals surface area (Å²) in [4.78, 5) is 2.75. The van der Waals surface area contributed by atoms with Crippen molar-refractivity contribution in [3.8, 4) is 0 Å². The van der Waals surface area contributed by atoms with Crippen molar-refractivity contribution in [2.45, 2.75) is 52.4 Å². The first-order valence-electron chi connectivity index (χ1n) is 7.67. The van der Waals surface area contributed by atoms with Gasteiger partial charge in [0, 0.05) is 19.6 Å². The molecule has 1 saturated heterocycles. The van der Waals surface area contributed by atoms with Crippen LogP contribution in [0.1, 0.15) is 52.4 Å². The molecule has 1 heterocycles. The zero-order chi connectivity index (χ0) is 12.1. The van der Waals surface area contributed by atoms with Crippen molar-refractivity contribution in [1.82, 2.24) is 10.2 Å². The largest absolute Gasteiger partial charge is 0.316 e. The van der Waals surface area contributed by atoms with Crippen LogP contribution >= 0.6 is 0 Å². The van der Waals surface area contributed by atoms with Gasteiger partial charge in [-0.3, -0.25) is 0 Å². The van der Waals surface area contributed by atoms with Crippen LogP contribution in [0.3, 0.4) is 0 Å². The zero-order valence-electron chi connectivity index (χ0n) is 11.8. The third-order valence-corrected chi connectivity index (χ3v) is 4.71. The molecule has 1 atom stereocenters. The maximum Gasteiger partial charge on any atom is 0.00503 e. The molecular formula is C15H30N2. The van der Waals surface area contributed by atoms with Gasteiger partial charge < -0.3 is 10.2 Å². The lowest BCUT2D eigenvalue weighted by Crippen LogP contribution is -2.45. The van der Waals surface area contributed by atoms with E-state index in [1.807, 2.05) is 0 Å². The minimum Gasteiger partial charge on any atom is -0.316 e. The van der Waals surface area contributed by atoms with Gasteiger partial charge in [0.05, 0.1) is 0 Å². The Labute approximate surface area is 107 Å². The third-order valence-electron chi connectivity index (χ3n) is 4.71. The molecule has 1 N–H and O–H groups in total. The van der Waals surface area contributed by atoms with E-state index < -0.39 is 0 Å². The molecule has 1 aliphatic heterocycles. The van der Waals surface area contributed by atoms with Crippen LogP contribution in [0.5, 0.6) is 0 Å². The lowest BCUT2D eigenvalue weighted by molar-refractivity contribution is 0.108. The van der Waals surface area contributed by atoms with Crippen molar-refractivity contribution >= 4 is 0 Å². The Balaban J connectivity index is 1.87. The second-order valence-corrected chi connectivity index (χ2v) is 6.47. The Hall–Kier alpha value is -0.0800. The molecule has 0 radical (unpaired) electrons. The standard InChI is InChI=1S/C15H30N2/c1-3-16-12-15(8-4-5-9-15)13-17-10-6-7-14(2)11-17/h14,16H,3-13H2,1-2H3. The van der Waals surface area contributed by atoms with Crippen LogP contribution in [0.25, 0.3) is 0 Å². The summed E-state index contributed by atoms with van der Waals surface area (Å²) in [6, 6.07) is 0. The molecule has 2 fully saturated rings. The highest BCUT2D eigenvalue weighted by molar-refractivity contribution is 4.90. The number of nitrogens with zero attached hydrogens (tertiary/aromatic N) is 1. The zero-order valence-corrected chi connectivity index (χ0v) is 11.8. The lowest BCUT2D eigenvalue weighted by Gasteiger charge is -2.39. The van der Waals surface area contributed by atoms with Crippen LogP contribution < -0.4 is 5.32 Å². The predicted octanol–water partition coefficient (Wildman–Crippen LogP) is 2.89. The highest BCUT2D eigenvalue weighted by atomic mass is 15.1. The molecule has 2 nitrogen and oxygen atoms in total. The summed E-state index contributed by atoms with van der Waals surface area (Å²) in [7, 11) is 0. The lowest BCUT2D eigenvalue weighted by atomic mass is 9.84. The number of piperidine rings is 1. The SMILES string of the molecule is CCNCC1(CN2CCCC(C)C2)CCCC1. The van der Waals surface area contributed by atoms with E-state index in [1.165, 1.54) is 64.7 Å². The average Bonchev–Trinajstić information content (AvgIpc) is 2.75. The van der Waals surface area contributed by atoms with E-state index in [9.17, 15) is 0 Å². The summed E-state index contributed by atoms with van der Waals surface area (Å²) in [5, 5.41) is 3.61. The van der Waals surface area contributed by atoms with Gasteiger partial charge in [-0.2, -0.15) is 0 Å². The second kappa shape index (κ2) is 6.19. The molecule has 100 valence electrons. The molecule has 2 aliphatic rings. The van der Waals surface area contributed by atoms with Crippen molar-refractivity contribution in [2.24, 2.45) is 11.3 Å². The summed E-state index contributed by atoms with van der Waals surface area (Å²) in [6.45, 7) is 11.0. The van der Waals surface area contributed by atoms with Gasteiger partial charge in [-0.25, -0.2) is 0 Å². The van der Waals surface area contributed by atoms with Gasteiger partial charge in [0.15, 0.2) is 0 Å². The van der Waals surface area contributed by atoms with E-state index in [-0.39, 0.29) is 0 Å². The molecule has 1 aliphatic carbocycles. The van der Waals surface area contributed by atoms with Crippen LogP contribution in [-0.4, -0.2) is 37.6 Å². The van der Waals surface area contributed by atoms with E-state index in [0.717, 1.165) is 12.5 Å². The van der Waals surface area contributed by atoms with Crippen molar-refractivity contribution < 1.29 is 0 Å². The Morgan fingerprint density at radius 3 is 2.65 bits per heavy atom. The Morgan fingerprint density at radius 2 is 2.00 bits per heavy atom. The molecule has 0 aromatic carbocycles. The molecule has 1 saturated carbocycles. The van der Waals surface area contributed by atoms with Gasteiger partial charge >= 0.3 is 0 Å². The number of hydrogen-bond donors (Lipinski definition) is 1. The topological polar surface area (TPSA) is 15.3 Å². The van der Waals surface area contributed by atoms with Gasteiger partial charge in [0.2, 0.25) is 0 Å². The minimum absolute atomic E-state index is 0.604. The molecule has 1 unspecified atom stereocenters. The fourth-order valence-corrected chi connectivity index (χ4v) is 3.81. The fourth-order valence-electron chi connectivity index (χ4n) is 3.81. The van der Waals surface area contributed by atoms with Gasteiger partial charge in [-0.15, -0.1) is 0 Å². The van der Waals surface area contributed by atoms with Crippen LogP contribution in [-0.2, 0) is 0 Å². The molecule has 0 aromatic rings. The van der Waals surface area contributed by atoms with Crippen molar-refractivity contribution in [3.63, 3.8) is 0 Å². The molecule has 0 aromatic heterocycles. The Bertz CT molecular complexity index is 221. The summed E-state index contributed by atoms with van der Waals surface area (Å²) >= 11 is 0. The first-order chi connectivity index (χ1) is 8.24. The highest BCUT2D eigenvalue weighted by Crippen LogP contribution is 2.39. The smallest absolute Gasteiger partial charge is 0.00503 e. The molecule has 0 amide bonds. The summed E-state index contributed by atoms with van der Waals surface area (Å²) in [6.07, 6.45) is 8.66. The van der Waals surface area contributed by atoms with E-state index >= 15 is 0 Å². The minimum atomic E-state index is 0.604. The number of nitrogens with one attached hydrogen (secondary N) is 1. The summed E-state index contributed by atoms with van der Waals surface area (Å²) < 4.78 is 0. The average molecular weight is 238 g/mol. The number of hydrogen-bond acceptors (Lipinski definition) is 2.